The van der Waals surface area contributed by atoms with Crippen LogP contribution >= 0.6 is 0 Å². The third kappa shape index (κ3) is 2.48. The van der Waals surface area contributed by atoms with E-state index in [-0.39, 0.29) is 18.1 Å². The van der Waals surface area contributed by atoms with Crippen LogP contribution in [0.4, 0.5) is 4.79 Å². The maximum atomic E-state index is 11.9. The number of fused-ring (bicyclic) bond motifs is 2. The molecule has 92 valence electrons. The highest BCUT2D eigenvalue weighted by Crippen LogP contribution is 2.37. The van der Waals surface area contributed by atoms with Gasteiger partial charge in [0.15, 0.2) is 0 Å². The molecular weight excluding hydrogens is 206 g/mol. The Kier molecular flexibility index (Phi) is 2.86. The molecule has 1 saturated carbocycles. The van der Waals surface area contributed by atoms with Gasteiger partial charge in [-0.3, -0.25) is 0 Å². The number of ether oxygens (including phenoxy) is 1. The first-order chi connectivity index (χ1) is 7.35. The fraction of sp³-hybridized carbons (Fsp3) is 0.917. The van der Waals surface area contributed by atoms with E-state index in [1.807, 2.05) is 20.8 Å². The van der Waals surface area contributed by atoms with Crippen LogP contribution in [0.5, 0.6) is 0 Å². The molecule has 0 unspecified atom stereocenters. The second kappa shape index (κ2) is 3.91. The molecule has 1 aliphatic heterocycles. The molecule has 0 spiro atoms. The summed E-state index contributed by atoms with van der Waals surface area (Å²) in [6.07, 6.45) is 1.43. The number of likely N-dealkylation sites (tertiary alicyclic amines) is 1. The average molecular weight is 227 g/mol. The van der Waals surface area contributed by atoms with Gasteiger partial charge < -0.3 is 14.7 Å². The average Bonchev–Trinajstić information content (AvgIpc) is 2.37. The Balaban J connectivity index is 1.94. The van der Waals surface area contributed by atoms with E-state index in [9.17, 15) is 9.90 Å². The number of rotatable bonds is 0. The predicted molar refractivity (Wildman–Crippen MR) is 60.0 cm³/mol. The van der Waals surface area contributed by atoms with Crippen LogP contribution in [0.3, 0.4) is 0 Å². The summed E-state index contributed by atoms with van der Waals surface area (Å²) >= 11 is 0. The first-order valence-electron chi connectivity index (χ1n) is 6.01. The van der Waals surface area contributed by atoms with Crippen molar-refractivity contribution in [1.82, 2.24) is 4.90 Å². The van der Waals surface area contributed by atoms with Crippen molar-refractivity contribution in [3.63, 3.8) is 0 Å². The molecule has 0 aromatic rings. The van der Waals surface area contributed by atoms with Gasteiger partial charge >= 0.3 is 6.09 Å². The first kappa shape index (κ1) is 11.7. The number of carbonyl (C=O) groups is 1. The Morgan fingerprint density at radius 3 is 2.56 bits per heavy atom. The van der Waals surface area contributed by atoms with Gasteiger partial charge in [0.2, 0.25) is 0 Å². The number of nitrogens with zero attached hydrogens (tertiary/aromatic N) is 1. The van der Waals surface area contributed by atoms with Gasteiger partial charge in [-0.1, -0.05) is 0 Å². The quantitative estimate of drug-likeness (QED) is 0.684. The van der Waals surface area contributed by atoms with E-state index in [0.717, 1.165) is 19.4 Å². The van der Waals surface area contributed by atoms with Crippen molar-refractivity contribution in [2.75, 3.05) is 13.1 Å². The molecule has 4 heteroatoms. The van der Waals surface area contributed by atoms with E-state index < -0.39 is 5.60 Å². The maximum absolute atomic E-state index is 11.9. The number of hydrogen-bond donors (Lipinski definition) is 1. The van der Waals surface area contributed by atoms with E-state index in [4.69, 9.17) is 4.74 Å². The topological polar surface area (TPSA) is 49.8 Å². The van der Waals surface area contributed by atoms with Gasteiger partial charge in [-0.15, -0.1) is 0 Å². The molecule has 0 radical (unpaired) electrons. The Bertz CT molecular complexity index is 282. The minimum Gasteiger partial charge on any atom is -0.444 e. The molecule has 2 aliphatic rings. The summed E-state index contributed by atoms with van der Waals surface area (Å²) in [6, 6.07) is 0. The number of amides is 1. The van der Waals surface area contributed by atoms with E-state index in [0.29, 0.717) is 12.5 Å². The largest absolute Gasteiger partial charge is 0.444 e. The second-order valence-electron chi connectivity index (χ2n) is 6.05. The van der Waals surface area contributed by atoms with Crippen LogP contribution in [0.25, 0.3) is 0 Å². The third-order valence-corrected chi connectivity index (χ3v) is 3.34. The van der Waals surface area contributed by atoms with E-state index >= 15 is 0 Å². The number of hydrogen-bond acceptors (Lipinski definition) is 3. The van der Waals surface area contributed by atoms with Crippen molar-refractivity contribution < 1.29 is 14.6 Å². The SMILES string of the molecule is CC(C)(C)OC(=O)N1C[C@@H]2C[C@H](C1)[C@H](O)C2. The van der Waals surface area contributed by atoms with Crippen LogP contribution in [0.1, 0.15) is 33.6 Å². The molecule has 1 heterocycles. The van der Waals surface area contributed by atoms with Gasteiger partial charge in [0.1, 0.15) is 5.60 Å². The second-order valence-corrected chi connectivity index (χ2v) is 6.05. The van der Waals surface area contributed by atoms with Crippen molar-refractivity contribution in [2.24, 2.45) is 11.8 Å². The fourth-order valence-corrected chi connectivity index (χ4v) is 2.71. The lowest BCUT2D eigenvalue weighted by molar-refractivity contribution is 0.0122. The highest BCUT2D eigenvalue weighted by Gasteiger charge is 2.41. The number of aliphatic hydroxyl groups excluding tert-OH is 1. The van der Waals surface area contributed by atoms with Crippen LogP contribution in [0.15, 0.2) is 0 Å². The molecule has 2 rings (SSSR count). The summed E-state index contributed by atoms with van der Waals surface area (Å²) in [4.78, 5) is 13.6. The summed E-state index contributed by atoms with van der Waals surface area (Å²) in [5.41, 5.74) is -0.438. The van der Waals surface area contributed by atoms with E-state index in [1.54, 1.807) is 4.90 Å². The minimum absolute atomic E-state index is 0.225. The van der Waals surface area contributed by atoms with Crippen LogP contribution in [0.2, 0.25) is 0 Å². The van der Waals surface area contributed by atoms with Crippen LogP contribution in [0, 0.1) is 11.8 Å². The molecule has 0 aromatic carbocycles. The molecule has 0 aromatic heterocycles. The van der Waals surface area contributed by atoms with E-state index in [2.05, 4.69) is 0 Å². The molecule has 2 fully saturated rings. The summed E-state index contributed by atoms with van der Waals surface area (Å²) in [7, 11) is 0. The zero-order valence-electron chi connectivity index (χ0n) is 10.3. The lowest BCUT2D eigenvalue weighted by Crippen LogP contribution is -2.44. The number of carbonyl (C=O) groups excluding carboxylic acids is 1. The standard InChI is InChI=1S/C12H21NO3/c1-12(2,3)16-11(15)13-6-8-4-9(7-13)10(14)5-8/h8-10,14H,4-7H2,1-3H3/t8-,9-,10-/m1/s1. The van der Waals surface area contributed by atoms with Crippen molar-refractivity contribution in [3.8, 4) is 0 Å². The maximum Gasteiger partial charge on any atom is 0.410 e. The number of aliphatic hydroxyl groups is 1. The third-order valence-electron chi connectivity index (χ3n) is 3.34. The van der Waals surface area contributed by atoms with Gasteiger partial charge in [-0.25, -0.2) is 4.79 Å². The molecule has 1 saturated heterocycles. The molecule has 1 amide bonds. The monoisotopic (exact) mass is 227 g/mol. The Labute approximate surface area is 96.6 Å². The summed E-state index contributed by atoms with van der Waals surface area (Å²) in [5, 5.41) is 9.75. The molecule has 1 aliphatic carbocycles. The Morgan fingerprint density at radius 2 is 2.00 bits per heavy atom. The van der Waals surface area contributed by atoms with Crippen molar-refractivity contribution in [2.45, 2.75) is 45.3 Å². The predicted octanol–water partition coefficient (Wildman–Crippen LogP) is 1.62. The normalized spacial score (nSPS) is 34.0. The zero-order valence-corrected chi connectivity index (χ0v) is 10.3. The van der Waals surface area contributed by atoms with Gasteiger partial charge in [-0.05, 0) is 39.5 Å². The molecule has 4 nitrogen and oxygen atoms in total. The lowest BCUT2D eigenvalue weighted by Gasteiger charge is -2.33. The zero-order chi connectivity index (χ0) is 11.9. The smallest absolute Gasteiger partial charge is 0.410 e. The lowest BCUT2D eigenvalue weighted by atomic mass is 9.99. The van der Waals surface area contributed by atoms with Crippen LogP contribution < -0.4 is 0 Å². The van der Waals surface area contributed by atoms with Gasteiger partial charge in [-0.2, -0.15) is 0 Å². The molecular formula is C12H21NO3. The molecule has 16 heavy (non-hydrogen) atoms. The fourth-order valence-electron chi connectivity index (χ4n) is 2.71. The summed E-state index contributed by atoms with van der Waals surface area (Å²) < 4.78 is 5.34. The number of piperidine rings is 1. The summed E-state index contributed by atoms with van der Waals surface area (Å²) in [6.45, 7) is 7.00. The van der Waals surface area contributed by atoms with Gasteiger partial charge in [0, 0.05) is 19.0 Å². The molecule has 1 N–H and O–H groups in total. The minimum atomic E-state index is -0.438. The van der Waals surface area contributed by atoms with Crippen molar-refractivity contribution in [1.29, 1.82) is 0 Å². The van der Waals surface area contributed by atoms with Crippen molar-refractivity contribution >= 4 is 6.09 Å². The molecule has 3 atom stereocenters. The van der Waals surface area contributed by atoms with Gasteiger partial charge in [0.05, 0.1) is 6.10 Å². The molecule has 2 bridgehead atoms. The Morgan fingerprint density at radius 1 is 1.31 bits per heavy atom. The highest BCUT2D eigenvalue weighted by molar-refractivity contribution is 5.68. The first-order valence-corrected chi connectivity index (χ1v) is 6.01. The Hall–Kier alpha value is -0.770. The van der Waals surface area contributed by atoms with Crippen LogP contribution in [-0.4, -0.2) is 40.9 Å². The van der Waals surface area contributed by atoms with Crippen LogP contribution in [-0.2, 0) is 4.74 Å². The highest BCUT2D eigenvalue weighted by atomic mass is 16.6. The summed E-state index contributed by atoms with van der Waals surface area (Å²) in [5.74, 6) is 0.715. The van der Waals surface area contributed by atoms with E-state index in [1.165, 1.54) is 0 Å². The van der Waals surface area contributed by atoms with Gasteiger partial charge in [0.25, 0.3) is 0 Å². The van der Waals surface area contributed by atoms with Crippen molar-refractivity contribution in [3.05, 3.63) is 0 Å².